The van der Waals surface area contributed by atoms with Gasteiger partial charge < -0.3 is 19.3 Å². The SMILES string of the molecule is COc1cc(/C=C(\Sc2n[nH]c(-c3cc(Cl)ccc3OC)n2)C(=O)O)ccc1OCC#N. The van der Waals surface area contributed by atoms with Crippen molar-refractivity contribution in [2.24, 2.45) is 0 Å². The van der Waals surface area contributed by atoms with E-state index < -0.39 is 5.97 Å². The van der Waals surface area contributed by atoms with E-state index in [9.17, 15) is 9.90 Å². The molecule has 0 aliphatic rings. The van der Waals surface area contributed by atoms with Gasteiger partial charge in [0.15, 0.2) is 23.9 Å². The van der Waals surface area contributed by atoms with Gasteiger partial charge in [-0.3, -0.25) is 5.10 Å². The van der Waals surface area contributed by atoms with Crippen LogP contribution in [-0.2, 0) is 4.79 Å². The molecule has 1 heterocycles. The monoisotopic (exact) mass is 472 g/mol. The number of methoxy groups -OCH3 is 2. The van der Waals surface area contributed by atoms with E-state index in [1.807, 2.05) is 6.07 Å². The minimum Gasteiger partial charge on any atom is -0.496 e. The number of halogens is 1. The number of rotatable bonds is 9. The predicted octanol–water partition coefficient (Wildman–Crippen LogP) is 4.26. The fourth-order valence-electron chi connectivity index (χ4n) is 2.67. The Morgan fingerprint density at radius 3 is 2.66 bits per heavy atom. The highest BCUT2D eigenvalue weighted by Gasteiger charge is 2.17. The lowest BCUT2D eigenvalue weighted by Crippen LogP contribution is -1.99. The number of nitriles is 1. The van der Waals surface area contributed by atoms with E-state index in [0.29, 0.717) is 39.2 Å². The van der Waals surface area contributed by atoms with Crippen molar-refractivity contribution in [3.05, 3.63) is 51.9 Å². The van der Waals surface area contributed by atoms with Gasteiger partial charge >= 0.3 is 5.97 Å². The van der Waals surface area contributed by atoms with Crippen LogP contribution in [0.5, 0.6) is 17.2 Å². The van der Waals surface area contributed by atoms with E-state index in [1.165, 1.54) is 20.3 Å². The lowest BCUT2D eigenvalue weighted by atomic mass is 10.2. The average Bonchev–Trinajstić information content (AvgIpc) is 3.26. The first-order chi connectivity index (χ1) is 15.4. The first-order valence-electron chi connectivity index (χ1n) is 9.02. The molecule has 0 amide bonds. The molecular formula is C21H17ClN4O5S. The summed E-state index contributed by atoms with van der Waals surface area (Å²) in [5.74, 6) is 0.534. The van der Waals surface area contributed by atoms with Gasteiger partial charge in [0.25, 0.3) is 0 Å². The number of aromatic nitrogens is 3. The molecule has 0 bridgehead atoms. The smallest absolute Gasteiger partial charge is 0.342 e. The zero-order valence-electron chi connectivity index (χ0n) is 17.0. The molecular weight excluding hydrogens is 456 g/mol. The number of benzene rings is 2. The van der Waals surface area contributed by atoms with Gasteiger partial charge in [0.05, 0.1) is 19.8 Å². The molecule has 0 spiro atoms. The van der Waals surface area contributed by atoms with Gasteiger partial charge in [0, 0.05) is 5.02 Å². The average molecular weight is 473 g/mol. The number of nitrogens with one attached hydrogen (secondary N) is 1. The van der Waals surface area contributed by atoms with E-state index in [0.717, 1.165) is 11.8 Å². The molecule has 164 valence electrons. The highest BCUT2D eigenvalue weighted by molar-refractivity contribution is 8.04. The van der Waals surface area contributed by atoms with Crippen molar-refractivity contribution in [2.45, 2.75) is 5.16 Å². The third-order valence-corrected chi connectivity index (χ3v) is 5.18. The van der Waals surface area contributed by atoms with Gasteiger partial charge in [-0.25, -0.2) is 9.78 Å². The van der Waals surface area contributed by atoms with E-state index in [1.54, 1.807) is 36.4 Å². The summed E-state index contributed by atoms with van der Waals surface area (Å²) in [5.41, 5.74) is 1.15. The van der Waals surface area contributed by atoms with Crippen LogP contribution >= 0.6 is 23.4 Å². The number of carboxylic acids is 1. The van der Waals surface area contributed by atoms with E-state index >= 15 is 0 Å². The van der Waals surface area contributed by atoms with Gasteiger partial charge in [-0.05, 0) is 53.7 Å². The van der Waals surface area contributed by atoms with Crippen LogP contribution in [0, 0.1) is 11.3 Å². The molecule has 9 nitrogen and oxygen atoms in total. The maximum atomic E-state index is 11.8. The summed E-state index contributed by atoms with van der Waals surface area (Å²) in [6.07, 6.45) is 1.46. The lowest BCUT2D eigenvalue weighted by molar-refractivity contribution is -0.131. The van der Waals surface area contributed by atoms with Gasteiger partial charge in [-0.15, -0.1) is 5.10 Å². The van der Waals surface area contributed by atoms with Crippen LogP contribution in [0.2, 0.25) is 5.02 Å². The maximum absolute atomic E-state index is 11.8. The molecule has 32 heavy (non-hydrogen) atoms. The Hall–Kier alpha value is -3.68. The lowest BCUT2D eigenvalue weighted by Gasteiger charge is -2.09. The van der Waals surface area contributed by atoms with Crippen LogP contribution in [0.15, 0.2) is 46.5 Å². The molecule has 0 saturated carbocycles. The molecule has 0 saturated heterocycles. The third-order valence-electron chi connectivity index (χ3n) is 4.07. The molecule has 11 heteroatoms. The number of hydrogen-bond donors (Lipinski definition) is 2. The number of nitrogens with zero attached hydrogens (tertiary/aromatic N) is 3. The van der Waals surface area contributed by atoms with Gasteiger partial charge in [-0.2, -0.15) is 5.26 Å². The van der Waals surface area contributed by atoms with Crippen LogP contribution in [-0.4, -0.2) is 47.1 Å². The predicted molar refractivity (Wildman–Crippen MR) is 119 cm³/mol. The van der Waals surface area contributed by atoms with Crippen molar-refractivity contribution in [1.29, 1.82) is 5.26 Å². The van der Waals surface area contributed by atoms with Crippen LogP contribution in [0.25, 0.3) is 17.5 Å². The molecule has 0 aliphatic carbocycles. The molecule has 1 aromatic heterocycles. The molecule has 2 N–H and O–H groups in total. The molecule has 0 unspecified atom stereocenters. The van der Waals surface area contributed by atoms with Gasteiger partial charge in [0.1, 0.15) is 16.7 Å². The number of aliphatic carboxylic acids is 1. The van der Waals surface area contributed by atoms with E-state index in [2.05, 4.69) is 15.2 Å². The highest BCUT2D eigenvalue weighted by atomic mass is 35.5. The molecule has 0 atom stereocenters. The summed E-state index contributed by atoms with van der Waals surface area (Å²) in [4.78, 5) is 16.1. The second-order valence-corrected chi connectivity index (χ2v) is 7.53. The Labute approximate surface area is 192 Å². The van der Waals surface area contributed by atoms with E-state index in [4.69, 9.17) is 31.1 Å². The Kier molecular flexibility index (Phi) is 7.59. The number of hydrogen-bond acceptors (Lipinski definition) is 8. The number of thioether (sulfide) groups is 1. The Balaban J connectivity index is 1.87. The Morgan fingerprint density at radius 2 is 1.97 bits per heavy atom. The van der Waals surface area contributed by atoms with Crippen molar-refractivity contribution in [3.8, 4) is 34.7 Å². The highest BCUT2D eigenvalue weighted by Crippen LogP contribution is 2.34. The topological polar surface area (TPSA) is 130 Å². The minimum atomic E-state index is -1.15. The molecule has 3 aromatic rings. The summed E-state index contributed by atoms with van der Waals surface area (Å²) in [6, 6.07) is 11.8. The fourth-order valence-corrected chi connectivity index (χ4v) is 3.54. The number of carbonyl (C=O) groups is 1. The van der Waals surface area contributed by atoms with Crippen molar-refractivity contribution >= 4 is 35.4 Å². The molecule has 0 aliphatic heterocycles. The summed E-state index contributed by atoms with van der Waals surface area (Å²) in [6.45, 7) is -0.133. The van der Waals surface area contributed by atoms with Crippen LogP contribution < -0.4 is 14.2 Å². The first-order valence-corrected chi connectivity index (χ1v) is 10.2. The van der Waals surface area contributed by atoms with Gasteiger partial charge in [-0.1, -0.05) is 17.7 Å². The summed E-state index contributed by atoms with van der Waals surface area (Å²) in [5, 5.41) is 25.9. The summed E-state index contributed by atoms with van der Waals surface area (Å²) in [7, 11) is 2.98. The third kappa shape index (κ3) is 5.51. The molecule has 2 aromatic carbocycles. The summed E-state index contributed by atoms with van der Waals surface area (Å²) < 4.78 is 15.9. The van der Waals surface area contributed by atoms with Gasteiger partial charge in [0.2, 0.25) is 5.16 Å². The first kappa shape index (κ1) is 23.0. The zero-order valence-corrected chi connectivity index (χ0v) is 18.5. The number of ether oxygens (including phenoxy) is 3. The molecule has 3 rings (SSSR count). The standard InChI is InChI=1S/C21H17ClN4O5S/c1-29-15-6-4-13(22)11-14(15)19-24-21(26-25-19)32-18(20(27)28)10-12-3-5-16(31-8-7-23)17(9-12)30-2/h3-6,9-11H,8H2,1-2H3,(H,27,28)(H,24,25,26)/b18-10-. The normalized spacial score (nSPS) is 11.0. The number of carboxylic acid groups (broad SMARTS) is 1. The van der Waals surface area contributed by atoms with Crippen molar-refractivity contribution in [2.75, 3.05) is 20.8 Å². The zero-order chi connectivity index (χ0) is 23.1. The Morgan fingerprint density at radius 1 is 1.22 bits per heavy atom. The second-order valence-electron chi connectivity index (χ2n) is 6.08. The largest absolute Gasteiger partial charge is 0.496 e. The molecule has 0 fully saturated rings. The van der Waals surface area contributed by atoms with Crippen molar-refractivity contribution in [3.63, 3.8) is 0 Å². The Bertz CT molecular complexity index is 1210. The molecule has 0 radical (unpaired) electrons. The summed E-state index contributed by atoms with van der Waals surface area (Å²) >= 11 is 6.94. The fraction of sp³-hybridized carbons (Fsp3) is 0.143. The van der Waals surface area contributed by atoms with Crippen molar-refractivity contribution < 1.29 is 24.1 Å². The van der Waals surface area contributed by atoms with Crippen LogP contribution in [0.1, 0.15) is 5.56 Å². The van der Waals surface area contributed by atoms with E-state index in [-0.39, 0.29) is 16.7 Å². The second kappa shape index (κ2) is 10.6. The minimum absolute atomic E-state index is 0.0126. The van der Waals surface area contributed by atoms with Crippen LogP contribution in [0.3, 0.4) is 0 Å². The quantitative estimate of drug-likeness (QED) is 0.346. The van der Waals surface area contributed by atoms with Crippen molar-refractivity contribution in [1.82, 2.24) is 15.2 Å². The van der Waals surface area contributed by atoms with Crippen LogP contribution in [0.4, 0.5) is 0 Å². The number of H-pyrrole nitrogens is 1. The maximum Gasteiger partial charge on any atom is 0.342 e. The number of aromatic amines is 1.